The Labute approximate surface area is 128 Å². The van der Waals surface area contributed by atoms with Gasteiger partial charge in [0, 0.05) is 0 Å². The summed E-state index contributed by atoms with van der Waals surface area (Å²) in [5.74, 6) is 0. The van der Waals surface area contributed by atoms with Crippen molar-refractivity contribution in [2.24, 2.45) is 0 Å². The van der Waals surface area contributed by atoms with Crippen molar-refractivity contribution in [1.82, 2.24) is 0 Å². The van der Waals surface area contributed by atoms with Crippen LogP contribution in [0.4, 0.5) is 0 Å². The molecule has 6 atom stereocenters. The van der Waals surface area contributed by atoms with Crippen LogP contribution in [-0.2, 0) is 0 Å². The Hall–Kier alpha value is 0.708. The van der Waals surface area contributed by atoms with Gasteiger partial charge < -0.3 is 19.2 Å². The monoisotopic (exact) mass is 354 g/mol. The number of rotatable bonds is 7. The van der Waals surface area contributed by atoms with E-state index in [-0.39, 0.29) is 10.3 Å². The lowest BCUT2D eigenvalue weighted by Crippen LogP contribution is -2.71. The highest BCUT2D eigenvalue weighted by Crippen LogP contribution is 2.42. The zero-order chi connectivity index (χ0) is 16.6. The first-order valence-electron chi connectivity index (χ1n) is 7.58. The van der Waals surface area contributed by atoms with Crippen LogP contribution in [0.3, 0.4) is 0 Å². The Balaban J connectivity index is 5.57. The Bertz CT molecular complexity index is 299. The fraction of sp³-hybridized carbons (Fsp3) is 1.00. The summed E-state index contributed by atoms with van der Waals surface area (Å²) in [6.07, 6.45) is 0. The molecule has 0 radical (unpaired) electrons. The van der Waals surface area contributed by atoms with Crippen molar-refractivity contribution in [1.29, 1.82) is 0 Å². The summed E-state index contributed by atoms with van der Waals surface area (Å²) in [4.78, 5) is 43.5. The van der Waals surface area contributed by atoms with Gasteiger partial charge in [0.05, 0.1) is 0 Å². The molecule has 8 heteroatoms. The molecule has 4 nitrogen and oxygen atoms in total. The molecule has 0 aromatic carbocycles. The molecule has 0 fully saturated rings. The van der Waals surface area contributed by atoms with Crippen molar-refractivity contribution < 1.29 is 19.2 Å². The van der Waals surface area contributed by atoms with Crippen LogP contribution in [0.15, 0.2) is 0 Å². The van der Waals surface area contributed by atoms with E-state index in [2.05, 4.69) is 0 Å². The molecule has 6 unspecified atom stereocenters. The van der Waals surface area contributed by atoms with Crippen LogP contribution >= 0.6 is 0 Å². The van der Waals surface area contributed by atoms with Gasteiger partial charge in [-0.15, -0.1) is 0 Å². The molecule has 4 N–H and O–H groups in total. The molecular formula is C12H34O4Si4. The van der Waals surface area contributed by atoms with Gasteiger partial charge in [0.2, 0.25) is 15.7 Å². The third kappa shape index (κ3) is 3.72. The lowest BCUT2D eigenvalue weighted by molar-refractivity contribution is 0.473. The molecule has 0 saturated heterocycles. The molecule has 0 bridgehead atoms. The lowest BCUT2D eigenvalue weighted by Gasteiger charge is -2.48. The molecule has 0 aromatic rings. The second kappa shape index (κ2) is 6.45. The predicted octanol–water partition coefficient (Wildman–Crippen LogP) is 2.23. The predicted molar refractivity (Wildman–Crippen MR) is 95.2 cm³/mol. The fourth-order valence-electron chi connectivity index (χ4n) is 2.70. The van der Waals surface area contributed by atoms with Gasteiger partial charge in [-0.2, -0.15) is 0 Å². The maximum absolute atomic E-state index is 11.1. The summed E-state index contributed by atoms with van der Waals surface area (Å²) in [7, 11) is -11.0. The average molecular weight is 355 g/mol. The normalized spacial score (nSPS) is 27.6. The lowest BCUT2D eigenvalue weighted by atomic mass is 10.9. The van der Waals surface area contributed by atoms with E-state index in [1.807, 2.05) is 40.8 Å². The van der Waals surface area contributed by atoms with Crippen molar-refractivity contribution in [2.75, 3.05) is 0 Å². The van der Waals surface area contributed by atoms with E-state index in [1.54, 1.807) is 13.1 Å². The summed E-state index contributed by atoms with van der Waals surface area (Å²) in [5, 5.41) is -0.378. The Morgan fingerprint density at radius 3 is 1.00 bits per heavy atom. The molecular weight excluding hydrogens is 320 g/mol. The van der Waals surface area contributed by atoms with E-state index in [1.165, 1.54) is 0 Å². The molecule has 20 heavy (non-hydrogen) atoms. The Kier molecular flexibility index (Phi) is 6.68. The van der Waals surface area contributed by atoms with Gasteiger partial charge in [0.15, 0.2) is 16.6 Å². The molecule has 0 rings (SSSR count). The highest BCUT2D eigenvalue weighted by Gasteiger charge is 2.61. The quantitative estimate of drug-likeness (QED) is 0.529. The second-order valence-electron chi connectivity index (χ2n) is 7.16. The average Bonchev–Trinajstić information content (AvgIpc) is 2.36. The van der Waals surface area contributed by atoms with Crippen molar-refractivity contribution in [3.05, 3.63) is 0 Å². The van der Waals surface area contributed by atoms with E-state index in [4.69, 9.17) is 0 Å². The first kappa shape index (κ1) is 20.7. The molecule has 0 heterocycles. The minimum Gasteiger partial charge on any atom is -0.432 e. The molecule has 122 valence electrons. The maximum Gasteiger partial charge on any atom is 0.206 e. The van der Waals surface area contributed by atoms with E-state index < -0.39 is 32.3 Å². The molecule has 0 spiro atoms. The van der Waals surface area contributed by atoms with E-state index in [0.717, 1.165) is 0 Å². The Morgan fingerprint density at radius 1 is 0.650 bits per heavy atom. The van der Waals surface area contributed by atoms with Crippen LogP contribution in [0.25, 0.3) is 0 Å². The summed E-state index contributed by atoms with van der Waals surface area (Å²) in [6, 6.07) is 1.36. The van der Waals surface area contributed by atoms with Crippen molar-refractivity contribution in [2.45, 2.75) is 76.3 Å². The first-order valence-corrected chi connectivity index (χ1v) is 19.1. The van der Waals surface area contributed by atoms with Crippen LogP contribution in [-0.4, -0.2) is 51.5 Å². The topological polar surface area (TPSA) is 80.9 Å². The molecule has 0 aliphatic carbocycles. The van der Waals surface area contributed by atoms with Gasteiger partial charge >= 0.3 is 0 Å². The van der Waals surface area contributed by atoms with Crippen LogP contribution in [0, 0.1) is 0 Å². The van der Waals surface area contributed by atoms with Gasteiger partial charge in [-0.05, 0) is 48.6 Å². The highest BCUT2D eigenvalue weighted by molar-refractivity contribution is 7.40. The SMILES string of the molecule is CC[Si](C)(O)C(C)[Si](C)(O)[Si](C)(O)C(C)[Si](C)(O)CC. The molecule has 0 aromatic heterocycles. The fourth-order valence-corrected chi connectivity index (χ4v) is 32.7. The number of hydrogen-bond acceptors (Lipinski definition) is 4. The van der Waals surface area contributed by atoms with E-state index in [0.29, 0.717) is 12.1 Å². The van der Waals surface area contributed by atoms with Crippen molar-refractivity contribution >= 4 is 32.3 Å². The Morgan fingerprint density at radius 2 is 0.850 bits per heavy atom. The zero-order valence-electron chi connectivity index (χ0n) is 14.4. The van der Waals surface area contributed by atoms with E-state index in [9.17, 15) is 19.2 Å². The van der Waals surface area contributed by atoms with Crippen LogP contribution < -0.4 is 0 Å². The largest absolute Gasteiger partial charge is 0.432 e. The first-order chi connectivity index (χ1) is 8.68. The van der Waals surface area contributed by atoms with Crippen LogP contribution in [0.1, 0.15) is 27.7 Å². The molecule has 0 aliphatic heterocycles. The molecule has 0 saturated carbocycles. The standard InChI is InChI=1S/C12H34O4Si4/c1-9-17(5,13)11(3)19(7,15)20(8,16)12(4)18(6,14)10-2/h11-16H,9-10H2,1-8H3. The minimum absolute atomic E-state index is 0.189. The van der Waals surface area contributed by atoms with Crippen LogP contribution in [0.2, 0.25) is 48.6 Å². The highest BCUT2D eigenvalue weighted by atomic mass is 29.3. The smallest absolute Gasteiger partial charge is 0.206 e. The molecule has 0 aliphatic rings. The van der Waals surface area contributed by atoms with Gasteiger partial charge in [-0.1, -0.05) is 27.7 Å². The second-order valence-corrected chi connectivity index (χ2v) is 29.3. The summed E-state index contributed by atoms with van der Waals surface area (Å²) in [5.41, 5.74) is 0. The van der Waals surface area contributed by atoms with E-state index >= 15 is 0 Å². The van der Waals surface area contributed by atoms with Crippen molar-refractivity contribution in [3.8, 4) is 0 Å². The third-order valence-corrected chi connectivity index (χ3v) is 35.6. The zero-order valence-corrected chi connectivity index (χ0v) is 18.4. The van der Waals surface area contributed by atoms with Crippen molar-refractivity contribution in [3.63, 3.8) is 0 Å². The molecule has 0 amide bonds. The summed E-state index contributed by atoms with van der Waals surface area (Å²) >= 11 is 0. The van der Waals surface area contributed by atoms with Gasteiger partial charge in [-0.3, -0.25) is 0 Å². The van der Waals surface area contributed by atoms with Crippen LogP contribution in [0.5, 0.6) is 0 Å². The summed E-state index contributed by atoms with van der Waals surface area (Å²) < 4.78 is 0. The number of hydrogen-bond donors (Lipinski definition) is 4. The van der Waals surface area contributed by atoms with Gasteiger partial charge in [-0.25, -0.2) is 0 Å². The third-order valence-electron chi connectivity index (χ3n) is 6.01. The summed E-state index contributed by atoms with van der Waals surface area (Å²) in [6.45, 7) is 15.0. The van der Waals surface area contributed by atoms with Gasteiger partial charge in [0.25, 0.3) is 0 Å². The maximum atomic E-state index is 11.1. The van der Waals surface area contributed by atoms with Gasteiger partial charge in [0.1, 0.15) is 0 Å². The minimum atomic E-state index is -3.00.